The number of ether oxygens (including phenoxy) is 2. The van der Waals surface area contributed by atoms with Gasteiger partial charge < -0.3 is 14.8 Å². The number of aryl methyl sites for hydroxylation is 1. The predicted octanol–water partition coefficient (Wildman–Crippen LogP) is 4.85. The van der Waals surface area contributed by atoms with Crippen LogP contribution in [0.3, 0.4) is 0 Å². The van der Waals surface area contributed by atoms with Crippen molar-refractivity contribution < 1.29 is 14.4 Å². The molecule has 9 nitrogen and oxygen atoms in total. The number of hydrogen-bond acceptors (Lipinski definition) is 9. The summed E-state index contributed by atoms with van der Waals surface area (Å²) in [4.78, 5) is 23.5. The molecule has 0 atom stereocenters. The Morgan fingerprint density at radius 2 is 1.86 bits per heavy atom. The third-order valence-electron chi connectivity index (χ3n) is 4.03. The second-order valence-corrected chi connectivity index (χ2v) is 7.06. The van der Waals surface area contributed by atoms with E-state index < -0.39 is 4.92 Å². The summed E-state index contributed by atoms with van der Waals surface area (Å²) in [5.74, 6) is 0.988. The van der Waals surface area contributed by atoms with E-state index in [4.69, 9.17) is 9.47 Å². The number of methoxy groups -OCH3 is 1. The number of nitro groups is 1. The summed E-state index contributed by atoms with van der Waals surface area (Å²) < 4.78 is 11.7. The van der Waals surface area contributed by atoms with Crippen LogP contribution >= 0.6 is 11.3 Å². The number of anilines is 2. The van der Waals surface area contributed by atoms with Gasteiger partial charge in [-0.3, -0.25) is 10.1 Å². The van der Waals surface area contributed by atoms with E-state index in [0.717, 1.165) is 15.8 Å². The molecule has 10 heteroatoms. The highest BCUT2D eigenvalue weighted by atomic mass is 32.1. The van der Waals surface area contributed by atoms with Crippen LogP contribution in [-0.2, 0) is 0 Å². The van der Waals surface area contributed by atoms with Crippen LogP contribution in [0.1, 0.15) is 5.56 Å². The average molecular weight is 409 g/mol. The van der Waals surface area contributed by atoms with E-state index in [1.54, 1.807) is 25.3 Å². The summed E-state index contributed by atoms with van der Waals surface area (Å²) in [5.41, 5.74) is 1.42. The summed E-state index contributed by atoms with van der Waals surface area (Å²) in [6, 6.07) is 12.6. The number of thiazole rings is 1. The molecule has 0 bridgehead atoms. The Morgan fingerprint density at radius 1 is 1.10 bits per heavy atom. The molecule has 2 aromatic heterocycles. The number of aromatic nitrogens is 3. The van der Waals surface area contributed by atoms with Gasteiger partial charge in [0.25, 0.3) is 0 Å². The second-order valence-electron chi connectivity index (χ2n) is 6.03. The normalized spacial score (nSPS) is 10.7. The highest BCUT2D eigenvalue weighted by Gasteiger charge is 2.26. The minimum atomic E-state index is -0.581. The lowest BCUT2D eigenvalue weighted by atomic mass is 10.2. The van der Waals surface area contributed by atoms with Gasteiger partial charge in [-0.25, -0.2) is 9.97 Å². The minimum absolute atomic E-state index is 0.00173. The molecule has 2 heterocycles. The topological polar surface area (TPSA) is 112 Å². The fourth-order valence-electron chi connectivity index (χ4n) is 2.60. The lowest BCUT2D eigenvalue weighted by Gasteiger charge is -2.08. The van der Waals surface area contributed by atoms with Crippen LogP contribution in [0.4, 0.5) is 16.6 Å². The van der Waals surface area contributed by atoms with E-state index >= 15 is 0 Å². The van der Waals surface area contributed by atoms with Crippen molar-refractivity contribution >= 4 is 38.2 Å². The van der Waals surface area contributed by atoms with Crippen molar-refractivity contribution in [3.05, 3.63) is 64.5 Å². The van der Waals surface area contributed by atoms with Crippen molar-refractivity contribution in [1.29, 1.82) is 0 Å². The standard InChI is InChI=1S/C19H15N5O4S/c1-11-3-5-12(6-4-11)28-18-16(24(25)26)17(20-10-21-18)23-19-22-14-8-7-13(27-2)9-15(14)29-19/h3-10H,1-2H3,(H,20,21,22,23). The van der Waals surface area contributed by atoms with Crippen LogP contribution in [0, 0.1) is 17.0 Å². The second kappa shape index (κ2) is 7.68. The Bertz CT molecular complexity index is 1190. The number of benzene rings is 2. The van der Waals surface area contributed by atoms with Gasteiger partial charge in [0.05, 0.1) is 22.2 Å². The first-order valence-corrected chi connectivity index (χ1v) is 9.30. The van der Waals surface area contributed by atoms with Crippen LogP contribution < -0.4 is 14.8 Å². The molecule has 0 fully saturated rings. The van der Waals surface area contributed by atoms with Crippen LogP contribution in [0.5, 0.6) is 17.4 Å². The van der Waals surface area contributed by atoms with Crippen molar-refractivity contribution in [3.63, 3.8) is 0 Å². The molecule has 4 aromatic rings. The van der Waals surface area contributed by atoms with Crippen molar-refractivity contribution in [2.24, 2.45) is 0 Å². The molecule has 146 valence electrons. The van der Waals surface area contributed by atoms with Crippen molar-refractivity contribution in [2.45, 2.75) is 6.92 Å². The van der Waals surface area contributed by atoms with Gasteiger partial charge in [-0.2, -0.15) is 4.98 Å². The highest BCUT2D eigenvalue weighted by molar-refractivity contribution is 7.22. The third kappa shape index (κ3) is 3.92. The van der Waals surface area contributed by atoms with Gasteiger partial charge in [-0.15, -0.1) is 0 Å². The molecule has 0 spiro atoms. The monoisotopic (exact) mass is 409 g/mol. The lowest BCUT2D eigenvalue weighted by Crippen LogP contribution is -2.03. The number of rotatable bonds is 6. The molecule has 0 unspecified atom stereocenters. The average Bonchev–Trinajstić information content (AvgIpc) is 3.11. The maximum atomic E-state index is 11.7. The minimum Gasteiger partial charge on any atom is -0.497 e. The van der Waals surface area contributed by atoms with Crippen LogP contribution in [0.15, 0.2) is 48.8 Å². The van der Waals surface area contributed by atoms with Gasteiger partial charge in [-0.05, 0) is 37.3 Å². The SMILES string of the molecule is COc1ccc2nc(Nc3ncnc(Oc4ccc(C)cc4)c3[N+](=O)[O-])sc2c1. The maximum Gasteiger partial charge on any atom is 0.373 e. The number of nitrogens with one attached hydrogen (secondary N) is 1. The predicted molar refractivity (Wildman–Crippen MR) is 109 cm³/mol. The number of hydrogen-bond donors (Lipinski definition) is 1. The Kier molecular flexibility index (Phi) is 4.92. The molecule has 0 aliphatic rings. The molecule has 0 amide bonds. The molecule has 0 saturated heterocycles. The summed E-state index contributed by atoms with van der Waals surface area (Å²) in [6.45, 7) is 1.94. The molecular formula is C19H15N5O4S. The van der Waals surface area contributed by atoms with Gasteiger partial charge in [0, 0.05) is 0 Å². The quantitative estimate of drug-likeness (QED) is 0.355. The van der Waals surface area contributed by atoms with Crippen molar-refractivity contribution in [3.8, 4) is 17.4 Å². The fraction of sp³-hybridized carbons (Fsp3) is 0.105. The smallest absolute Gasteiger partial charge is 0.373 e. The molecular weight excluding hydrogens is 394 g/mol. The molecule has 0 saturated carbocycles. The van der Waals surface area contributed by atoms with Gasteiger partial charge in [-0.1, -0.05) is 29.0 Å². The number of nitrogens with zero attached hydrogens (tertiary/aromatic N) is 4. The number of fused-ring (bicyclic) bond motifs is 1. The largest absolute Gasteiger partial charge is 0.497 e. The van der Waals surface area contributed by atoms with Gasteiger partial charge in [0.1, 0.15) is 17.8 Å². The van der Waals surface area contributed by atoms with Crippen molar-refractivity contribution in [2.75, 3.05) is 12.4 Å². The zero-order valence-corrected chi connectivity index (χ0v) is 16.3. The molecule has 0 aliphatic heterocycles. The van der Waals surface area contributed by atoms with Gasteiger partial charge >= 0.3 is 11.6 Å². The van der Waals surface area contributed by atoms with Crippen LogP contribution in [0.25, 0.3) is 10.2 Å². The van der Waals surface area contributed by atoms with E-state index in [1.807, 2.05) is 31.2 Å². The summed E-state index contributed by atoms with van der Waals surface area (Å²) in [7, 11) is 1.58. The van der Waals surface area contributed by atoms with Crippen LogP contribution in [0.2, 0.25) is 0 Å². The summed E-state index contributed by atoms with van der Waals surface area (Å²) in [6.07, 6.45) is 1.20. The zero-order valence-electron chi connectivity index (χ0n) is 15.4. The highest BCUT2D eigenvalue weighted by Crippen LogP contribution is 2.37. The van der Waals surface area contributed by atoms with E-state index in [2.05, 4.69) is 20.3 Å². The fourth-order valence-corrected chi connectivity index (χ4v) is 3.49. The maximum absolute atomic E-state index is 11.7. The lowest BCUT2D eigenvalue weighted by molar-refractivity contribution is -0.385. The Hall–Kier alpha value is -3.79. The van der Waals surface area contributed by atoms with Gasteiger partial charge in [0.2, 0.25) is 5.82 Å². The van der Waals surface area contributed by atoms with E-state index in [-0.39, 0.29) is 17.4 Å². The molecule has 2 aromatic carbocycles. The van der Waals surface area contributed by atoms with E-state index in [9.17, 15) is 10.1 Å². The Balaban J connectivity index is 1.68. The molecule has 4 rings (SSSR count). The first-order chi connectivity index (χ1) is 14.0. The first kappa shape index (κ1) is 18.6. The molecule has 0 radical (unpaired) electrons. The third-order valence-corrected chi connectivity index (χ3v) is 4.96. The molecule has 1 N–H and O–H groups in total. The zero-order chi connectivity index (χ0) is 20.4. The van der Waals surface area contributed by atoms with Crippen molar-refractivity contribution in [1.82, 2.24) is 15.0 Å². The summed E-state index contributed by atoms with van der Waals surface area (Å²) in [5, 5.41) is 15.1. The Morgan fingerprint density at radius 3 is 2.59 bits per heavy atom. The van der Waals surface area contributed by atoms with Gasteiger partial charge in [0.15, 0.2) is 5.13 Å². The van der Waals surface area contributed by atoms with E-state index in [1.165, 1.54) is 17.7 Å². The molecule has 0 aliphatic carbocycles. The van der Waals surface area contributed by atoms with E-state index in [0.29, 0.717) is 16.6 Å². The Labute approximate surface area is 169 Å². The molecule has 29 heavy (non-hydrogen) atoms. The van der Waals surface area contributed by atoms with Crippen LogP contribution in [-0.4, -0.2) is 27.0 Å². The summed E-state index contributed by atoms with van der Waals surface area (Å²) >= 11 is 1.33. The first-order valence-electron chi connectivity index (χ1n) is 8.49.